The highest BCUT2D eigenvalue weighted by atomic mass is 16.5. The van der Waals surface area contributed by atoms with Gasteiger partial charge in [-0.3, -0.25) is 0 Å². The van der Waals surface area contributed by atoms with E-state index in [2.05, 4.69) is 14.7 Å². The van der Waals surface area contributed by atoms with Crippen LogP contribution in [0.5, 0.6) is 0 Å². The largest absolute Gasteiger partial charge is 0.365 e. The molecule has 1 heterocycles. The smallest absolute Gasteiger partial charge is 0.260 e. The summed E-state index contributed by atoms with van der Waals surface area (Å²) in [6.45, 7) is 0. The zero-order valence-electron chi connectivity index (χ0n) is 5.24. The van der Waals surface area contributed by atoms with Gasteiger partial charge in [0.2, 0.25) is 5.89 Å². The zero-order valence-corrected chi connectivity index (χ0v) is 5.24. The van der Waals surface area contributed by atoms with Crippen LogP contribution in [0.2, 0.25) is 0 Å². The lowest BCUT2D eigenvalue weighted by atomic mass is 10.3. The van der Waals surface area contributed by atoms with Gasteiger partial charge in [-0.05, 0) is 5.16 Å². The summed E-state index contributed by atoms with van der Waals surface area (Å²) in [5, 5.41) is 11.5. The predicted molar refractivity (Wildman–Crippen MR) is 32.6 cm³/mol. The van der Waals surface area contributed by atoms with Gasteiger partial charge in [0.25, 0.3) is 5.95 Å². The maximum atomic E-state index is 8.16. The van der Waals surface area contributed by atoms with Gasteiger partial charge in [0.1, 0.15) is 0 Å². The number of aryl methyl sites for hydroxylation is 1. The Balaban J connectivity index is 2.52. The van der Waals surface area contributed by atoms with Crippen molar-refractivity contribution in [2.45, 2.75) is 12.8 Å². The van der Waals surface area contributed by atoms with Crippen LogP contribution in [-0.2, 0) is 6.42 Å². The minimum Gasteiger partial charge on any atom is -0.365 e. The molecule has 5 nitrogen and oxygen atoms in total. The second kappa shape index (κ2) is 2.82. The van der Waals surface area contributed by atoms with E-state index >= 15 is 0 Å². The highest BCUT2D eigenvalue weighted by Crippen LogP contribution is 1.99. The fourth-order valence-electron chi connectivity index (χ4n) is 0.532. The van der Waals surface area contributed by atoms with Gasteiger partial charge in [-0.1, -0.05) is 0 Å². The fraction of sp³-hybridized carbons (Fsp3) is 0.400. The quantitative estimate of drug-likeness (QED) is 0.626. The van der Waals surface area contributed by atoms with E-state index in [1.807, 2.05) is 6.07 Å². The minimum atomic E-state index is 0.118. The van der Waals surface area contributed by atoms with Gasteiger partial charge in [-0.2, -0.15) is 10.2 Å². The molecular formula is C5H6N4O. The number of nitrogens with zero attached hydrogens (tertiary/aromatic N) is 3. The topological polar surface area (TPSA) is 88.7 Å². The number of aromatic nitrogens is 2. The summed E-state index contributed by atoms with van der Waals surface area (Å²) in [5.41, 5.74) is 5.15. The van der Waals surface area contributed by atoms with Gasteiger partial charge in [0.05, 0.1) is 6.07 Å². The summed E-state index contributed by atoms with van der Waals surface area (Å²) in [7, 11) is 0. The number of hydrogen-bond donors (Lipinski definition) is 1. The standard InChI is InChI=1S/C5H6N4O/c6-3-1-2-4-8-5(7)9-10-4/h1-2H2,(H2,7,9). The van der Waals surface area contributed by atoms with Crippen LogP contribution in [0.4, 0.5) is 5.95 Å². The predicted octanol–water partition coefficient (Wildman–Crippen LogP) is 0.108. The number of nitrogens with two attached hydrogens (primary N) is 1. The molecule has 10 heavy (non-hydrogen) atoms. The van der Waals surface area contributed by atoms with E-state index < -0.39 is 0 Å². The Hall–Kier alpha value is -1.57. The van der Waals surface area contributed by atoms with E-state index in [4.69, 9.17) is 11.0 Å². The van der Waals surface area contributed by atoms with E-state index in [1.54, 1.807) is 0 Å². The van der Waals surface area contributed by atoms with Crippen LogP contribution in [0, 0.1) is 11.3 Å². The molecule has 0 amide bonds. The van der Waals surface area contributed by atoms with Crippen molar-refractivity contribution in [3.8, 4) is 6.07 Å². The van der Waals surface area contributed by atoms with E-state index in [1.165, 1.54) is 0 Å². The number of rotatable bonds is 2. The second-order valence-corrected chi connectivity index (χ2v) is 1.70. The Labute approximate surface area is 57.4 Å². The molecule has 1 aromatic rings. The molecule has 1 aromatic heterocycles. The Bertz CT molecular complexity index is 248. The normalized spacial score (nSPS) is 9.10. The third-order valence-corrected chi connectivity index (χ3v) is 0.934. The summed E-state index contributed by atoms with van der Waals surface area (Å²) < 4.78 is 4.63. The summed E-state index contributed by atoms with van der Waals surface area (Å²) in [5.74, 6) is 0.534. The van der Waals surface area contributed by atoms with E-state index in [0.29, 0.717) is 18.7 Å². The van der Waals surface area contributed by atoms with Crippen molar-refractivity contribution in [1.82, 2.24) is 10.1 Å². The second-order valence-electron chi connectivity index (χ2n) is 1.70. The number of hydrogen-bond acceptors (Lipinski definition) is 5. The number of anilines is 1. The molecule has 0 saturated heterocycles. The maximum absolute atomic E-state index is 8.16. The van der Waals surface area contributed by atoms with Crippen LogP contribution in [0.15, 0.2) is 4.52 Å². The van der Waals surface area contributed by atoms with E-state index in [9.17, 15) is 0 Å². The molecule has 5 heteroatoms. The third kappa shape index (κ3) is 1.45. The lowest BCUT2D eigenvalue weighted by Gasteiger charge is -1.80. The molecule has 1 rings (SSSR count). The van der Waals surface area contributed by atoms with Crippen molar-refractivity contribution in [1.29, 1.82) is 5.26 Å². The maximum Gasteiger partial charge on any atom is 0.260 e. The third-order valence-electron chi connectivity index (χ3n) is 0.934. The molecule has 0 saturated carbocycles. The first kappa shape index (κ1) is 6.55. The molecule has 52 valence electrons. The molecule has 2 N–H and O–H groups in total. The Morgan fingerprint density at radius 3 is 3.00 bits per heavy atom. The van der Waals surface area contributed by atoms with Gasteiger partial charge in [0, 0.05) is 12.8 Å². The van der Waals surface area contributed by atoms with Gasteiger partial charge in [-0.15, -0.1) is 0 Å². The van der Waals surface area contributed by atoms with Gasteiger partial charge < -0.3 is 10.3 Å². The van der Waals surface area contributed by atoms with Gasteiger partial charge >= 0.3 is 0 Å². The highest BCUT2D eigenvalue weighted by Gasteiger charge is 2.00. The summed E-state index contributed by atoms with van der Waals surface area (Å²) in [4.78, 5) is 3.70. The van der Waals surface area contributed by atoms with Crippen LogP contribution in [0.3, 0.4) is 0 Å². The van der Waals surface area contributed by atoms with Crippen LogP contribution >= 0.6 is 0 Å². The Morgan fingerprint density at radius 2 is 2.50 bits per heavy atom. The first-order chi connectivity index (χ1) is 4.83. The molecule has 0 aliphatic carbocycles. The average Bonchev–Trinajstić information content (AvgIpc) is 2.31. The Kier molecular flexibility index (Phi) is 1.85. The highest BCUT2D eigenvalue weighted by molar-refractivity contribution is 5.10. The average molecular weight is 138 g/mol. The van der Waals surface area contributed by atoms with Crippen molar-refractivity contribution < 1.29 is 4.52 Å². The molecule has 0 aromatic carbocycles. The molecular weight excluding hydrogens is 132 g/mol. The van der Waals surface area contributed by atoms with Crippen molar-refractivity contribution in [3.05, 3.63) is 5.89 Å². The summed E-state index contributed by atoms with van der Waals surface area (Å²) >= 11 is 0. The molecule has 0 bridgehead atoms. The summed E-state index contributed by atoms with van der Waals surface area (Å²) in [6, 6.07) is 1.96. The minimum absolute atomic E-state index is 0.118. The lowest BCUT2D eigenvalue weighted by molar-refractivity contribution is 0.380. The van der Waals surface area contributed by atoms with Crippen molar-refractivity contribution >= 4 is 5.95 Å². The molecule has 0 aliphatic rings. The number of nitriles is 1. The van der Waals surface area contributed by atoms with Crippen LogP contribution in [-0.4, -0.2) is 10.1 Å². The number of nitrogen functional groups attached to an aromatic ring is 1. The van der Waals surface area contributed by atoms with Crippen molar-refractivity contribution in [2.24, 2.45) is 0 Å². The zero-order chi connectivity index (χ0) is 7.40. The lowest BCUT2D eigenvalue weighted by Crippen LogP contribution is -1.87. The van der Waals surface area contributed by atoms with Crippen molar-refractivity contribution in [2.75, 3.05) is 5.73 Å². The van der Waals surface area contributed by atoms with Crippen LogP contribution in [0.25, 0.3) is 0 Å². The molecule has 0 fully saturated rings. The Morgan fingerprint density at radius 1 is 1.70 bits per heavy atom. The van der Waals surface area contributed by atoms with Crippen LogP contribution in [0.1, 0.15) is 12.3 Å². The molecule has 0 atom stereocenters. The fourth-order valence-corrected chi connectivity index (χ4v) is 0.532. The van der Waals surface area contributed by atoms with Gasteiger partial charge in [0.15, 0.2) is 0 Å². The first-order valence-corrected chi connectivity index (χ1v) is 2.78. The molecule has 0 aliphatic heterocycles. The van der Waals surface area contributed by atoms with Crippen molar-refractivity contribution in [3.63, 3.8) is 0 Å². The van der Waals surface area contributed by atoms with Crippen LogP contribution < -0.4 is 5.73 Å². The van der Waals surface area contributed by atoms with E-state index in [0.717, 1.165) is 0 Å². The molecule has 0 radical (unpaired) electrons. The first-order valence-electron chi connectivity index (χ1n) is 2.78. The SMILES string of the molecule is N#CCCc1nc(N)no1. The monoisotopic (exact) mass is 138 g/mol. The molecule has 0 unspecified atom stereocenters. The van der Waals surface area contributed by atoms with Gasteiger partial charge in [-0.25, -0.2) is 0 Å². The molecule has 0 spiro atoms. The van der Waals surface area contributed by atoms with E-state index in [-0.39, 0.29) is 5.95 Å². The summed E-state index contributed by atoms with van der Waals surface area (Å²) in [6.07, 6.45) is 0.850.